The van der Waals surface area contributed by atoms with E-state index in [0.29, 0.717) is 20.0 Å². The van der Waals surface area contributed by atoms with Gasteiger partial charge < -0.3 is 5.32 Å². The van der Waals surface area contributed by atoms with Crippen LogP contribution in [0, 0.1) is 5.82 Å². The predicted molar refractivity (Wildman–Crippen MR) is 105 cm³/mol. The van der Waals surface area contributed by atoms with Gasteiger partial charge in [0.05, 0.1) is 9.92 Å². The molecule has 1 N–H and O–H groups in total. The molecule has 0 unspecified atom stereocenters. The van der Waals surface area contributed by atoms with Crippen LogP contribution in [0.5, 0.6) is 0 Å². The molecule has 0 spiro atoms. The maximum atomic E-state index is 13.3. The summed E-state index contributed by atoms with van der Waals surface area (Å²) in [6, 6.07) is 10.4. The van der Waals surface area contributed by atoms with Gasteiger partial charge in [0.15, 0.2) is 0 Å². The molecule has 0 radical (unpaired) electrons. The van der Waals surface area contributed by atoms with E-state index in [9.17, 15) is 17.6 Å². The quantitative estimate of drug-likeness (QED) is 0.673. The van der Waals surface area contributed by atoms with Crippen LogP contribution in [-0.4, -0.2) is 32.7 Å². The van der Waals surface area contributed by atoms with Crippen LogP contribution in [0.1, 0.15) is 15.2 Å². The van der Waals surface area contributed by atoms with Crippen molar-refractivity contribution in [3.05, 3.63) is 63.7 Å². The largest absolute Gasteiger partial charge is 0.347 e. The molecule has 1 aromatic heterocycles. The zero-order valence-electron chi connectivity index (χ0n) is 14.5. The number of hydrogen-bond donors (Lipinski definition) is 1. The molecule has 142 valence electrons. The van der Waals surface area contributed by atoms with Crippen LogP contribution in [0.4, 0.5) is 4.39 Å². The highest BCUT2D eigenvalue weighted by atomic mass is 35.5. The summed E-state index contributed by atoms with van der Waals surface area (Å²) < 4.78 is 39.2. The van der Waals surface area contributed by atoms with E-state index >= 15 is 0 Å². The van der Waals surface area contributed by atoms with Crippen LogP contribution in [0.15, 0.2) is 47.4 Å². The Bertz CT molecular complexity index is 1110. The second kappa shape index (κ2) is 7.55. The summed E-state index contributed by atoms with van der Waals surface area (Å²) in [7, 11) is -0.568. The summed E-state index contributed by atoms with van der Waals surface area (Å²) in [6.07, 6.45) is 0. The van der Waals surface area contributed by atoms with Crippen molar-refractivity contribution < 1.29 is 17.6 Å². The van der Waals surface area contributed by atoms with Crippen molar-refractivity contribution in [1.82, 2.24) is 9.62 Å². The average Bonchev–Trinajstić information content (AvgIpc) is 2.96. The van der Waals surface area contributed by atoms with Crippen molar-refractivity contribution in [3.8, 4) is 0 Å². The van der Waals surface area contributed by atoms with E-state index in [4.69, 9.17) is 11.6 Å². The van der Waals surface area contributed by atoms with Gasteiger partial charge in [0.2, 0.25) is 10.0 Å². The van der Waals surface area contributed by atoms with Crippen molar-refractivity contribution in [1.29, 1.82) is 0 Å². The fraction of sp³-hybridized carbons (Fsp3) is 0.167. The van der Waals surface area contributed by atoms with Crippen molar-refractivity contribution in [3.63, 3.8) is 0 Å². The number of rotatable bonds is 5. The Balaban J connectivity index is 1.74. The van der Waals surface area contributed by atoms with E-state index in [1.165, 1.54) is 38.4 Å². The monoisotopic (exact) mass is 426 g/mol. The molecular weight excluding hydrogens is 411 g/mol. The number of nitrogens with one attached hydrogen (secondary N) is 1. The van der Waals surface area contributed by atoms with Crippen molar-refractivity contribution >= 4 is 49.0 Å². The highest BCUT2D eigenvalue weighted by Gasteiger charge is 2.18. The minimum Gasteiger partial charge on any atom is -0.347 e. The van der Waals surface area contributed by atoms with Crippen molar-refractivity contribution in [2.45, 2.75) is 11.4 Å². The normalized spacial score (nSPS) is 11.9. The molecule has 0 atom stereocenters. The highest BCUT2D eigenvalue weighted by molar-refractivity contribution is 7.89. The van der Waals surface area contributed by atoms with Gasteiger partial charge in [-0.15, -0.1) is 11.3 Å². The fourth-order valence-corrected chi connectivity index (χ4v) is 4.80. The van der Waals surface area contributed by atoms with Crippen molar-refractivity contribution in [2.24, 2.45) is 0 Å². The zero-order chi connectivity index (χ0) is 19.8. The molecule has 2 aromatic carbocycles. The Kier molecular flexibility index (Phi) is 5.53. The van der Waals surface area contributed by atoms with Crippen LogP contribution >= 0.6 is 22.9 Å². The third kappa shape index (κ3) is 3.98. The third-order valence-electron chi connectivity index (χ3n) is 3.95. The van der Waals surface area contributed by atoms with Crippen LogP contribution in [0.3, 0.4) is 0 Å². The van der Waals surface area contributed by atoms with Gasteiger partial charge in [0.25, 0.3) is 5.91 Å². The first kappa shape index (κ1) is 19.8. The van der Waals surface area contributed by atoms with Gasteiger partial charge in [0.1, 0.15) is 10.7 Å². The Labute approximate surface area is 165 Å². The molecule has 9 heteroatoms. The number of thiophene rings is 1. The van der Waals surface area contributed by atoms with E-state index in [0.717, 1.165) is 21.2 Å². The van der Waals surface area contributed by atoms with Gasteiger partial charge >= 0.3 is 0 Å². The summed E-state index contributed by atoms with van der Waals surface area (Å²) in [6.45, 7) is 0.208. The summed E-state index contributed by atoms with van der Waals surface area (Å²) in [5.74, 6) is -0.758. The Hall–Kier alpha value is -2.00. The number of nitrogens with zero attached hydrogens (tertiary/aromatic N) is 1. The number of halogens is 2. The molecule has 3 aromatic rings. The molecule has 0 fully saturated rings. The maximum Gasteiger partial charge on any atom is 0.263 e. The minimum atomic E-state index is -3.49. The smallest absolute Gasteiger partial charge is 0.263 e. The van der Waals surface area contributed by atoms with Gasteiger partial charge in [-0.3, -0.25) is 4.79 Å². The summed E-state index contributed by atoms with van der Waals surface area (Å²) in [4.78, 5) is 12.9. The molecule has 0 aliphatic heterocycles. The van der Waals surface area contributed by atoms with Gasteiger partial charge in [-0.25, -0.2) is 17.1 Å². The molecule has 3 rings (SSSR count). The maximum absolute atomic E-state index is 13.3. The van der Waals surface area contributed by atoms with Gasteiger partial charge in [-0.2, -0.15) is 0 Å². The van der Waals surface area contributed by atoms with Crippen LogP contribution < -0.4 is 5.32 Å². The van der Waals surface area contributed by atoms with E-state index in [1.807, 2.05) is 0 Å². The van der Waals surface area contributed by atoms with E-state index < -0.39 is 10.0 Å². The second-order valence-electron chi connectivity index (χ2n) is 6.00. The lowest BCUT2D eigenvalue weighted by molar-refractivity contribution is 0.0955. The first-order valence-electron chi connectivity index (χ1n) is 7.87. The lowest BCUT2D eigenvalue weighted by Gasteiger charge is -2.11. The molecule has 1 amide bonds. The standard InChI is InChI=1S/C18H16ClFN2O3S2/c1-22(2)27(24,25)13-6-3-11(4-7-13)10-21-18(23)17-16(19)14-8-5-12(20)9-15(14)26-17/h3-9H,10H2,1-2H3,(H,21,23). The average molecular weight is 427 g/mol. The Morgan fingerprint density at radius 1 is 1.19 bits per heavy atom. The van der Waals surface area contributed by atoms with Crippen LogP contribution in [-0.2, 0) is 16.6 Å². The molecule has 0 saturated carbocycles. The molecule has 0 bridgehead atoms. The highest BCUT2D eigenvalue weighted by Crippen LogP contribution is 2.35. The number of hydrogen-bond acceptors (Lipinski definition) is 4. The summed E-state index contributed by atoms with van der Waals surface area (Å²) >= 11 is 7.36. The zero-order valence-corrected chi connectivity index (χ0v) is 16.9. The number of carbonyl (C=O) groups is 1. The number of benzene rings is 2. The Morgan fingerprint density at radius 2 is 1.85 bits per heavy atom. The topological polar surface area (TPSA) is 66.5 Å². The van der Waals surface area contributed by atoms with Gasteiger partial charge in [0, 0.05) is 30.7 Å². The molecular formula is C18H16ClFN2O3S2. The molecule has 0 saturated heterocycles. The summed E-state index contributed by atoms with van der Waals surface area (Å²) in [5.41, 5.74) is 0.740. The lowest BCUT2D eigenvalue weighted by Crippen LogP contribution is -2.23. The van der Waals surface area contributed by atoms with E-state index in [-0.39, 0.29) is 23.2 Å². The van der Waals surface area contributed by atoms with E-state index in [2.05, 4.69) is 5.32 Å². The molecule has 27 heavy (non-hydrogen) atoms. The molecule has 5 nitrogen and oxygen atoms in total. The SMILES string of the molecule is CN(C)S(=O)(=O)c1ccc(CNC(=O)c2sc3cc(F)ccc3c2Cl)cc1. The van der Waals surface area contributed by atoms with Crippen LogP contribution in [0.2, 0.25) is 5.02 Å². The second-order valence-corrected chi connectivity index (χ2v) is 9.58. The van der Waals surface area contributed by atoms with Gasteiger partial charge in [-0.05, 0) is 35.9 Å². The van der Waals surface area contributed by atoms with E-state index in [1.54, 1.807) is 18.2 Å². The fourth-order valence-electron chi connectivity index (χ4n) is 2.44. The number of carbonyl (C=O) groups excluding carboxylic acids is 1. The minimum absolute atomic E-state index is 0.178. The number of amides is 1. The van der Waals surface area contributed by atoms with Crippen molar-refractivity contribution in [2.75, 3.05) is 14.1 Å². The Morgan fingerprint density at radius 3 is 2.48 bits per heavy atom. The molecule has 0 aliphatic rings. The number of fused-ring (bicyclic) bond motifs is 1. The molecule has 1 heterocycles. The number of sulfonamides is 1. The van der Waals surface area contributed by atoms with Gasteiger partial charge in [-0.1, -0.05) is 23.7 Å². The lowest BCUT2D eigenvalue weighted by atomic mass is 10.2. The van der Waals surface area contributed by atoms with Crippen LogP contribution in [0.25, 0.3) is 10.1 Å². The third-order valence-corrected chi connectivity index (χ3v) is 7.44. The summed E-state index contributed by atoms with van der Waals surface area (Å²) in [5, 5.41) is 3.67. The predicted octanol–water partition coefficient (Wildman–Crippen LogP) is 3.87. The molecule has 0 aliphatic carbocycles. The first-order valence-corrected chi connectivity index (χ1v) is 10.5. The first-order chi connectivity index (χ1) is 12.7.